The molecule has 21 heavy (non-hydrogen) atoms. The number of hydrogen-bond acceptors (Lipinski definition) is 4. The van der Waals surface area contributed by atoms with Crippen LogP contribution in [0, 0.1) is 0 Å². The average Bonchev–Trinajstić information content (AvgIpc) is 2.47. The third kappa shape index (κ3) is 3.13. The zero-order valence-corrected chi connectivity index (χ0v) is 13.5. The van der Waals surface area contributed by atoms with Crippen molar-refractivity contribution in [3.63, 3.8) is 0 Å². The molecule has 0 saturated carbocycles. The Hall–Kier alpha value is -1.75. The summed E-state index contributed by atoms with van der Waals surface area (Å²) in [6.07, 6.45) is 0.174. The fraction of sp³-hybridized carbons (Fsp3) is 0.0625. The molecule has 0 spiro atoms. The molecule has 3 rings (SSSR count). The molecule has 0 aliphatic carbocycles. The Bertz CT molecular complexity index is 738. The number of benzene rings is 2. The number of carbonyl (C=O) groups excluding carboxylic acids is 2. The Morgan fingerprint density at radius 1 is 1.10 bits per heavy atom. The van der Waals surface area contributed by atoms with Gasteiger partial charge in [0.05, 0.1) is 23.8 Å². The fourth-order valence-electron chi connectivity index (χ4n) is 2.21. The Balaban J connectivity index is 0.00000161. The summed E-state index contributed by atoms with van der Waals surface area (Å²) in [5.74, 6) is -1.42. The molecule has 1 aliphatic heterocycles. The van der Waals surface area contributed by atoms with Gasteiger partial charge in [0.1, 0.15) is 0 Å². The number of rotatable bonds is 2. The van der Waals surface area contributed by atoms with Gasteiger partial charge >= 0.3 is 29.6 Å². The summed E-state index contributed by atoms with van der Waals surface area (Å²) in [6, 6.07) is 13.7. The summed E-state index contributed by atoms with van der Waals surface area (Å²) < 4.78 is 0. The van der Waals surface area contributed by atoms with E-state index in [9.17, 15) is 14.7 Å². The van der Waals surface area contributed by atoms with Crippen molar-refractivity contribution in [2.75, 3.05) is 0 Å². The van der Waals surface area contributed by atoms with Gasteiger partial charge in [-0.15, -0.1) is 0 Å². The first kappa shape index (κ1) is 15.6. The van der Waals surface area contributed by atoms with Crippen LogP contribution in [-0.4, -0.2) is 17.5 Å². The molecule has 2 aromatic carbocycles. The zero-order chi connectivity index (χ0) is 14.1. The molecular formula is C16H10NNaO3. The number of aromatic carboxylic acids is 1. The molecule has 5 heteroatoms. The summed E-state index contributed by atoms with van der Waals surface area (Å²) in [5, 5.41) is 10.8. The monoisotopic (exact) mass is 287 g/mol. The van der Waals surface area contributed by atoms with Crippen LogP contribution >= 0.6 is 0 Å². The van der Waals surface area contributed by atoms with E-state index in [-0.39, 0.29) is 47.3 Å². The Labute approximate surface area is 143 Å². The Morgan fingerprint density at radius 3 is 2.48 bits per heavy atom. The van der Waals surface area contributed by atoms with Crippen LogP contribution in [0.3, 0.4) is 0 Å². The first-order valence-electron chi connectivity index (χ1n) is 6.17. The van der Waals surface area contributed by atoms with Crippen molar-refractivity contribution >= 4 is 23.2 Å². The van der Waals surface area contributed by atoms with Crippen molar-refractivity contribution in [1.82, 2.24) is 0 Å². The second kappa shape index (κ2) is 6.35. The van der Waals surface area contributed by atoms with Crippen molar-refractivity contribution in [2.24, 2.45) is 4.99 Å². The molecule has 0 atom stereocenters. The van der Waals surface area contributed by atoms with Gasteiger partial charge in [-0.05, 0) is 23.3 Å². The van der Waals surface area contributed by atoms with Crippen molar-refractivity contribution in [3.05, 3.63) is 65.2 Å². The topological polar surface area (TPSA) is 69.6 Å². The van der Waals surface area contributed by atoms with E-state index in [0.717, 1.165) is 5.56 Å². The van der Waals surface area contributed by atoms with Crippen molar-refractivity contribution in [1.29, 1.82) is 0 Å². The van der Waals surface area contributed by atoms with Gasteiger partial charge in [-0.3, -0.25) is 9.79 Å². The van der Waals surface area contributed by atoms with E-state index >= 15 is 0 Å². The third-order valence-corrected chi connectivity index (χ3v) is 3.22. The van der Waals surface area contributed by atoms with E-state index in [1.807, 2.05) is 30.3 Å². The van der Waals surface area contributed by atoms with Crippen molar-refractivity contribution in [3.8, 4) is 0 Å². The molecule has 0 N–H and O–H groups in total. The van der Waals surface area contributed by atoms with Crippen LogP contribution < -0.4 is 34.7 Å². The minimum absolute atomic E-state index is 0. The largest absolute Gasteiger partial charge is 1.00 e. The number of carboxylic acids is 1. The number of Topliss-reactive ketones (excluding diaryl/α,β-unsaturated/α-hetero) is 1. The molecule has 1 aliphatic rings. The van der Waals surface area contributed by atoms with Gasteiger partial charge in [0, 0.05) is 5.56 Å². The van der Waals surface area contributed by atoms with Gasteiger partial charge in [0.2, 0.25) is 0 Å². The zero-order valence-electron chi connectivity index (χ0n) is 11.5. The SMILES string of the molecule is O=C([O-])c1ccc2c(c1)C(=O)CC(c1ccccc1)=N2.[Na+]. The van der Waals surface area contributed by atoms with Gasteiger partial charge < -0.3 is 9.90 Å². The number of carboxylic acid groups (broad SMARTS) is 1. The molecule has 0 aromatic heterocycles. The van der Waals surface area contributed by atoms with E-state index in [1.54, 1.807) is 6.07 Å². The predicted octanol–water partition coefficient (Wildman–Crippen LogP) is -1.24. The number of nitrogens with zero attached hydrogens (tertiary/aromatic N) is 1. The van der Waals surface area contributed by atoms with E-state index in [1.165, 1.54) is 12.1 Å². The van der Waals surface area contributed by atoms with E-state index < -0.39 is 5.97 Å². The van der Waals surface area contributed by atoms with Crippen LogP contribution in [-0.2, 0) is 0 Å². The van der Waals surface area contributed by atoms with E-state index in [0.29, 0.717) is 17.0 Å². The van der Waals surface area contributed by atoms with Gasteiger partial charge in [0.25, 0.3) is 0 Å². The molecule has 0 bridgehead atoms. The quantitative estimate of drug-likeness (QED) is 0.649. The smallest absolute Gasteiger partial charge is 0.545 e. The number of aliphatic imine (C=N–C) groups is 1. The van der Waals surface area contributed by atoms with Gasteiger partial charge in [0.15, 0.2) is 5.78 Å². The van der Waals surface area contributed by atoms with Crippen molar-refractivity contribution < 1.29 is 44.3 Å². The van der Waals surface area contributed by atoms with Crippen molar-refractivity contribution in [2.45, 2.75) is 6.42 Å². The van der Waals surface area contributed by atoms with E-state index in [2.05, 4.69) is 4.99 Å². The maximum atomic E-state index is 12.1. The summed E-state index contributed by atoms with van der Waals surface area (Å²) in [7, 11) is 0. The van der Waals surface area contributed by atoms with Gasteiger partial charge in [-0.1, -0.05) is 36.4 Å². The number of fused-ring (bicyclic) bond motifs is 1. The standard InChI is InChI=1S/C16H11NO3.Na/c18-15-9-14(10-4-2-1-3-5-10)17-13-7-6-11(16(19)20)8-12(13)15;/h1-8H,9H2,(H,19,20);/q;+1/p-1. The van der Waals surface area contributed by atoms with Gasteiger partial charge in [-0.2, -0.15) is 0 Å². The van der Waals surface area contributed by atoms with Crippen LogP contribution in [0.1, 0.15) is 32.7 Å². The fourth-order valence-corrected chi connectivity index (χ4v) is 2.21. The number of ketones is 1. The summed E-state index contributed by atoms with van der Waals surface area (Å²) in [4.78, 5) is 27.4. The molecule has 0 radical (unpaired) electrons. The summed E-state index contributed by atoms with van der Waals surface area (Å²) in [5.41, 5.74) is 2.44. The second-order valence-electron chi connectivity index (χ2n) is 4.54. The molecule has 98 valence electrons. The van der Waals surface area contributed by atoms with Crippen LogP contribution in [0.15, 0.2) is 53.5 Å². The molecule has 2 aromatic rings. The Morgan fingerprint density at radius 2 is 1.81 bits per heavy atom. The minimum Gasteiger partial charge on any atom is -0.545 e. The molecule has 4 nitrogen and oxygen atoms in total. The molecule has 1 heterocycles. The molecule has 0 fully saturated rings. The predicted molar refractivity (Wildman–Crippen MR) is 72.4 cm³/mol. The number of carbonyl (C=O) groups is 2. The maximum Gasteiger partial charge on any atom is 1.00 e. The Kier molecular flexibility index (Phi) is 4.73. The normalized spacial score (nSPS) is 13.0. The minimum atomic E-state index is -1.29. The second-order valence-corrected chi connectivity index (χ2v) is 4.54. The molecule has 0 unspecified atom stereocenters. The van der Waals surface area contributed by atoms with Crippen LogP contribution in [0.4, 0.5) is 5.69 Å². The summed E-state index contributed by atoms with van der Waals surface area (Å²) in [6.45, 7) is 0. The summed E-state index contributed by atoms with van der Waals surface area (Å²) >= 11 is 0. The first-order valence-corrected chi connectivity index (χ1v) is 6.17. The molecule has 0 saturated heterocycles. The van der Waals surface area contributed by atoms with Crippen LogP contribution in [0.25, 0.3) is 0 Å². The maximum absolute atomic E-state index is 12.1. The van der Waals surface area contributed by atoms with Crippen LogP contribution in [0.5, 0.6) is 0 Å². The average molecular weight is 287 g/mol. The molecular weight excluding hydrogens is 277 g/mol. The van der Waals surface area contributed by atoms with Gasteiger partial charge in [-0.25, -0.2) is 0 Å². The van der Waals surface area contributed by atoms with Crippen LogP contribution in [0.2, 0.25) is 0 Å². The first-order chi connectivity index (χ1) is 9.65. The third-order valence-electron chi connectivity index (χ3n) is 3.22. The van der Waals surface area contributed by atoms with E-state index in [4.69, 9.17) is 0 Å². The number of hydrogen-bond donors (Lipinski definition) is 0. The molecule has 0 amide bonds.